The van der Waals surface area contributed by atoms with Crippen molar-refractivity contribution in [2.45, 2.75) is 25.2 Å². The molecule has 1 aliphatic heterocycles. The van der Waals surface area contributed by atoms with Crippen LogP contribution < -0.4 is 4.90 Å². The zero-order valence-corrected chi connectivity index (χ0v) is 14.7. The van der Waals surface area contributed by atoms with Crippen LogP contribution in [0, 0.1) is 6.92 Å². The summed E-state index contributed by atoms with van der Waals surface area (Å²) < 4.78 is 0. The quantitative estimate of drug-likeness (QED) is 0.566. The zero-order valence-electron chi connectivity index (χ0n) is 14.7. The molecule has 1 heteroatoms. The Bertz CT molecular complexity index is 918. The molecule has 1 nitrogen and oxygen atoms in total. The van der Waals surface area contributed by atoms with Crippen molar-refractivity contribution >= 4 is 5.69 Å². The highest BCUT2D eigenvalue weighted by molar-refractivity contribution is 5.81. The fourth-order valence-electron chi connectivity index (χ4n) is 4.89. The number of hydrogen-bond donors (Lipinski definition) is 0. The molecular weight excluding hydrogens is 302 g/mol. The van der Waals surface area contributed by atoms with E-state index in [1.165, 1.54) is 35.2 Å². The topological polar surface area (TPSA) is 3.24 Å². The van der Waals surface area contributed by atoms with Crippen LogP contribution in [0.4, 0.5) is 5.69 Å². The lowest BCUT2D eigenvalue weighted by molar-refractivity contribution is 0.400. The molecule has 3 aromatic rings. The van der Waals surface area contributed by atoms with E-state index in [9.17, 15) is 0 Å². The minimum atomic E-state index is 0.198. The van der Waals surface area contributed by atoms with Gasteiger partial charge in [-0.15, -0.1) is 0 Å². The number of anilines is 1. The van der Waals surface area contributed by atoms with Gasteiger partial charge in [0.15, 0.2) is 0 Å². The summed E-state index contributed by atoms with van der Waals surface area (Å²) in [4.78, 5) is 2.54. The monoisotopic (exact) mass is 325 g/mol. The second-order valence-electron chi connectivity index (χ2n) is 7.50. The molecular formula is C24H23N. The Labute approximate surface area is 149 Å². The number of benzene rings is 3. The molecule has 1 spiro atoms. The minimum Gasteiger partial charge on any atom is -0.371 e. The molecule has 0 N–H and O–H groups in total. The molecule has 0 atom stereocenters. The molecule has 124 valence electrons. The van der Waals surface area contributed by atoms with Gasteiger partial charge < -0.3 is 4.90 Å². The standard InChI is InChI=1S/C24H23N/c1-18-11-12-21-20-9-5-6-10-22(20)24(23(21)17-18)13-15-25(16-14-24)19-7-3-2-4-8-19/h2-12,17H,13-16H2,1H3. The lowest BCUT2D eigenvalue weighted by atomic mass is 9.70. The van der Waals surface area contributed by atoms with E-state index in [0.29, 0.717) is 0 Å². The maximum absolute atomic E-state index is 2.54. The van der Waals surface area contributed by atoms with E-state index >= 15 is 0 Å². The van der Waals surface area contributed by atoms with E-state index < -0.39 is 0 Å². The molecule has 1 saturated heterocycles. The Hall–Kier alpha value is -2.54. The maximum Gasteiger partial charge on any atom is 0.0366 e. The predicted molar refractivity (Wildman–Crippen MR) is 105 cm³/mol. The fourth-order valence-corrected chi connectivity index (χ4v) is 4.89. The van der Waals surface area contributed by atoms with Gasteiger partial charge in [-0.25, -0.2) is 0 Å². The second-order valence-corrected chi connectivity index (χ2v) is 7.50. The molecule has 0 aromatic heterocycles. The van der Waals surface area contributed by atoms with Crippen LogP contribution in [-0.4, -0.2) is 13.1 Å². The molecule has 2 aliphatic rings. The largest absolute Gasteiger partial charge is 0.371 e. The Morgan fingerprint density at radius 3 is 2.20 bits per heavy atom. The predicted octanol–water partition coefficient (Wildman–Crippen LogP) is 5.56. The number of rotatable bonds is 1. The van der Waals surface area contributed by atoms with Gasteiger partial charge in [-0.05, 0) is 54.2 Å². The zero-order chi connectivity index (χ0) is 16.9. The summed E-state index contributed by atoms with van der Waals surface area (Å²) in [5.74, 6) is 0. The Balaban J connectivity index is 1.57. The number of hydrogen-bond acceptors (Lipinski definition) is 1. The molecule has 1 heterocycles. The first-order valence-electron chi connectivity index (χ1n) is 9.29. The van der Waals surface area contributed by atoms with Gasteiger partial charge in [0, 0.05) is 24.2 Å². The van der Waals surface area contributed by atoms with E-state index in [0.717, 1.165) is 13.1 Å². The first-order chi connectivity index (χ1) is 12.3. The Kier molecular flexibility index (Phi) is 3.24. The van der Waals surface area contributed by atoms with Gasteiger partial charge in [0.1, 0.15) is 0 Å². The Morgan fingerprint density at radius 2 is 1.40 bits per heavy atom. The summed E-state index contributed by atoms with van der Waals surface area (Å²) in [7, 11) is 0. The molecule has 0 bridgehead atoms. The third-order valence-corrected chi connectivity index (χ3v) is 6.16. The van der Waals surface area contributed by atoms with Crippen LogP contribution in [0.15, 0.2) is 72.8 Å². The summed E-state index contributed by atoms with van der Waals surface area (Å²) in [6.45, 7) is 4.45. The van der Waals surface area contributed by atoms with E-state index in [4.69, 9.17) is 0 Å². The number of aryl methyl sites for hydroxylation is 1. The van der Waals surface area contributed by atoms with Crippen LogP contribution in [-0.2, 0) is 5.41 Å². The molecule has 0 amide bonds. The van der Waals surface area contributed by atoms with E-state index in [1.807, 2.05) is 0 Å². The molecule has 5 rings (SSSR count). The fraction of sp³-hybridized carbons (Fsp3) is 0.250. The second kappa shape index (κ2) is 5.49. The third-order valence-electron chi connectivity index (χ3n) is 6.16. The van der Waals surface area contributed by atoms with Crippen molar-refractivity contribution in [3.05, 3.63) is 89.5 Å². The first kappa shape index (κ1) is 14.8. The van der Waals surface area contributed by atoms with Crippen LogP contribution in [0.1, 0.15) is 29.5 Å². The summed E-state index contributed by atoms with van der Waals surface area (Å²) in [6, 6.07) is 26.9. The van der Waals surface area contributed by atoms with Crippen molar-refractivity contribution < 1.29 is 0 Å². The Morgan fingerprint density at radius 1 is 0.720 bits per heavy atom. The SMILES string of the molecule is Cc1ccc2c(c1)C1(CCN(c3ccccc3)CC1)c1ccccc1-2. The highest BCUT2D eigenvalue weighted by Crippen LogP contribution is 2.54. The van der Waals surface area contributed by atoms with Gasteiger partial charge in [0.05, 0.1) is 0 Å². The summed E-state index contributed by atoms with van der Waals surface area (Å²) in [5, 5.41) is 0. The highest BCUT2D eigenvalue weighted by Gasteiger charge is 2.44. The molecule has 0 saturated carbocycles. The normalized spacial score (nSPS) is 17.4. The van der Waals surface area contributed by atoms with Crippen molar-refractivity contribution in [2.75, 3.05) is 18.0 Å². The maximum atomic E-state index is 2.54. The van der Waals surface area contributed by atoms with Crippen LogP contribution in [0.5, 0.6) is 0 Å². The first-order valence-corrected chi connectivity index (χ1v) is 9.29. The number of nitrogens with zero attached hydrogens (tertiary/aromatic N) is 1. The van der Waals surface area contributed by atoms with Crippen molar-refractivity contribution in [3.63, 3.8) is 0 Å². The van der Waals surface area contributed by atoms with E-state index in [-0.39, 0.29) is 5.41 Å². The van der Waals surface area contributed by atoms with Crippen LogP contribution >= 0.6 is 0 Å². The highest BCUT2D eigenvalue weighted by atomic mass is 15.1. The molecule has 1 fully saturated rings. The van der Waals surface area contributed by atoms with Gasteiger partial charge in [0.25, 0.3) is 0 Å². The summed E-state index contributed by atoms with van der Waals surface area (Å²) >= 11 is 0. The van der Waals surface area contributed by atoms with E-state index in [2.05, 4.69) is 84.6 Å². The van der Waals surface area contributed by atoms with Gasteiger partial charge in [-0.1, -0.05) is 66.2 Å². The lowest BCUT2D eigenvalue weighted by Gasteiger charge is -2.42. The average Bonchev–Trinajstić information content (AvgIpc) is 2.93. The minimum absolute atomic E-state index is 0.198. The number of piperidine rings is 1. The van der Waals surface area contributed by atoms with Gasteiger partial charge >= 0.3 is 0 Å². The number of fused-ring (bicyclic) bond motifs is 5. The lowest BCUT2D eigenvalue weighted by Crippen LogP contribution is -2.42. The average molecular weight is 325 g/mol. The molecule has 0 radical (unpaired) electrons. The molecule has 1 aliphatic carbocycles. The van der Waals surface area contributed by atoms with Crippen molar-refractivity contribution in [1.29, 1.82) is 0 Å². The third kappa shape index (κ3) is 2.15. The summed E-state index contributed by atoms with van der Waals surface area (Å²) in [5.41, 5.74) is 8.93. The van der Waals surface area contributed by atoms with Crippen LogP contribution in [0.2, 0.25) is 0 Å². The number of para-hydroxylation sites is 1. The van der Waals surface area contributed by atoms with Gasteiger partial charge in [0.2, 0.25) is 0 Å². The molecule has 0 unspecified atom stereocenters. The van der Waals surface area contributed by atoms with Crippen LogP contribution in [0.25, 0.3) is 11.1 Å². The van der Waals surface area contributed by atoms with Crippen molar-refractivity contribution in [1.82, 2.24) is 0 Å². The smallest absolute Gasteiger partial charge is 0.0366 e. The van der Waals surface area contributed by atoms with Crippen LogP contribution in [0.3, 0.4) is 0 Å². The molecule has 3 aromatic carbocycles. The van der Waals surface area contributed by atoms with Crippen molar-refractivity contribution in [3.8, 4) is 11.1 Å². The summed E-state index contributed by atoms with van der Waals surface area (Å²) in [6.07, 6.45) is 2.38. The van der Waals surface area contributed by atoms with Gasteiger partial charge in [-0.2, -0.15) is 0 Å². The molecule has 25 heavy (non-hydrogen) atoms. The van der Waals surface area contributed by atoms with E-state index in [1.54, 1.807) is 11.1 Å². The van der Waals surface area contributed by atoms with Crippen molar-refractivity contribution in [2.24, 2.45) is 0 Å². The van der Waals surface area contributed by atoms with Gasteiger partial charge in [-0.3, -0.25) is 0 Å².